The van der Waals surface area contributed by atoms with Gasteiger partial charge in [0.1, 0.15) is 0 Å². The first-order valence-electron chi connectivity index (χ1n) is 7.03. The summed E-state index contributed by atoms with van der Waals surface area (Å²) in [4.78, 5) is 2.39. The van der Waals surface area contributed by atoms with Crippen LogP contribution in [0.5, 0.6) is 0 Å². The van der Waals surface area contributed by atoms with Crippen molar-refractivity contribution in [3.05, 3.63) is 28.2 Å². The van der Waals surface area contributed by atoms with Crippen LogP contribution in [-0.2, 0) is 6.54 Å². The Labute approximate surface area is 126 Å². The summed E-state index contributed by atoms with van der Waals surface area (Å²) in [6, 6.07) is 7.04. The zero-order chi connectivity index (χ0) is 14.6. The number of anilines is 1. The fraction of sp³-hybridized carbons (Fsp3) is 0.625. The van der Waals surface area contributed by atoms with Crippen molar-refractivity contribution in [3.63, 3.8) is 0 Å². The number of hydrogen-bond donors (Lipinski definition) is 1. The van der Waals surface area contributed by atoms with Gasteiger partial charge >= 0.3 is 0 Å². The average Bonchev–Trinajstić information content (AvgIpc) is 2.35. The first-order chi connectivity index (χ1) is 8.77. The number of benzene rings is 1. The standard InChI is InChI=1S/C16H27BrN2/c1-7-16(4,5)19(6)15-9-8-14(17)10-13(15)11-18-12(2)3/h8-10,12,18H,7,11H2,1-6H3. The molecule has 0 aliphatic heterocycles. The molecule has 0 aliphatic rings. The van der Waals surface area contributed by atoms with E-state index in [0.29, 0.717) is 6.04 Å². The molecule has 2 nitrogen and oxygen atoms in total. The van der Waals surface area contributed by atoms with Gasteiger partial charge in [0.05, 0.1) is 0 Å². The third-order valence-corrected chi connectivity index (χ3v) is 4.37. The summed E-state index contributed by atoms with van der Waals surface area (Å²) in [5, 5.41) is 3.51. The van der Waals surface area contributed by atoms with Crippen molar-refractivity contribution in [1.82, 2.24) is 5.32 Å². The topological polar surface area (TPSA) is 15.3 Å². The van der Waals surface area contributed by atoms with E-state index in [-0.39, 0.29) is 5.54 Å². The Morgan fingerprint density at radius 2 is 1.95 bits per heavy atom. The van der Waals surface area contributed by atoms with Gasteiger partial charge in [-0.15, -0.1) is 0 Å². The highest BCUT2D eigenvalue weighted by atomic mass is 79.9. The van der Waals surface area contributed by atoms with Crippen LogP contribution in [0.15, 0.2) is 22.7 Å². The smallest absolute Gasteiger partial charge is 0.0414 e. The van der Waals surface area contributed by atoms with E-state index in [4.69, 9.17) is 0 Å². The Morgan fingerprint density at radius 1 is 1.32 bits per heavy atom. The third-order valence-electron chi connectivity index (χ3n) is 3.88. The molecule has 0 amide bonds. The second-order valence-corrected chi connectivity index (χ2v) is 6.95. The Hall–Kier alpha value is -0.540. The Bertz CT molecular complexity index is 413. The van der Waals surface area contributed by atoms with Crippen molar-refractivity contribution in [2.45, 2.75) is 59.2 Å². The van der Waals surface area contributed by atoms with Gasteiger partial charge in [-0.3, -0.25) is 0 Å². The first kappa shape index (κ1) is 16.5. The quantitative estimate of drug-likeness (QED) is 0.823. The molecule has 0 saturated heterocycles. The number of halogens is 1. The van der Waals surface area contributed by atoms with Crippen LogP contribution in [-0.4, -0.2) is 18.6 Å². The lowest BCUT2D eigenvalue weighted by molar-refractivity contribution is 0.468. The second-order valence-electron chi connectivity index (χ2n) is 6.03. The molecule has 0 bridgehead atoms. The highest BCUT2D eigenvalue weighted by molar-refractivity contribution is 9.10. The Morgan fingerprint density at radius 3 is 2.47 bits per heavy atom. The van der Waals surface area contributed by atoms with E-state index in [2.05, 4.69) is 86.0 Å². The maximum atomic E-state index is 3.57. The predicted molar refractivity (Wildman–Crippen MR) is 88.9 cm³/mol. The molecule has 0 radical (unpaired) electrons. The van der Waals surface area contributed by atoms with E-state index >= 15 is 0 Å². The van der Waals surface area contributed by atoms with Crippen LogP contribution in [0.25, 0.3) is 0 Å². The van der Waals surface area contributed by atoms with Gasteiger partial charge in [-0.2, -0.15) is 0 Å². The number of nitrogens with zero attached hydrogens (tertiary/aromatic N) is 1. The molecule has 0 aliphatic carbocycles. The summed E-state index contributed by atoms with van der Waals surface area (Å²) < 4.78 is 1.14. The van der Waals surface area contributed by atoms with Crippen LogP contribution in [0.4, 0.5) is 5.69 Å². The van der Waals surface area contributed by atoms with Crippen LogP contribution < -0.4 is 10.2 Å². The van der Waals surface area contributed by atoms with Crippen molar-refractivity contribution in [3.8, 4) is 0 Å². The lowest BCUT2D eigenvalue weighted by Gasteiger charge is -2.38. The molecule has 0 unspecified atom stereocenters. The van der Waals surface area contributed by atoms with E-state index in [1.54, 1.807) is 0 Å². The van der Waals surface area contributed by atoms with Gasteiger partial charge in [0.2, 0.25) is 0 Å². The number of hydrogen-bond acceptors (Lipinski definition) is 2. The summed E-state index contributed by atoms with van der Waals surface area (Å²) in [7, 11) is 2.19. The zero-order valence-electron chi connectivity index (χ0n) is 13.0. The van der Waals surface area contributed by atoms with Crippen molar-refractivity contribution in [2.75, 3.05) is 11.9 Å². The monoisotopic (exact) mass is 326 g/mol. The molecule has 0 spiro atoms. The molecule has 3 heteroatoms. The molecule has 1 N–H and O–H groups in total. The van der Waals surface area contributed by atoms with Crippen LogP contribution in [0.2, 0.25) is 0 Å². The molecule has 0 aromatic heterocycles. The molecule has 0 saturated carbocycles. The minimum Gasteiger partial charge on any atom is -0.369 e. The maximum absolute atomic E-state index is 3.57. The van der Waals surface area contributed by atoms with Gasteiger partial charge in [0.25, 0.3) is 0 Å². The summed E-state index contributed by atoms with van der Waals surface area (Å²) in [5.74, 6) is 0. The van der Waals surface area contributed by atoms with Gasteiger partial charge in [-0.05, 0) is 44.0 Å². The van der Waals surface area contributed by atoms with Crippen LogP contribution in [0, 0.1) is 0 Å². The summed E-state index contributed by atoms with van der Waals surface area (Å²) in [5.41, 5.74) is 2.82. The van der Waals surface area contributed by atoms with Gasteiger partial charge in [0.15, 0.2) is 0 Å². The minimum atomic E-state index is 0.167. The Kier molecular flexibility index (Phi) is 5.87. The van der Waals surface area contributed by atoms with E-state index in [0.717, 1.165) is 17.4 Å². The molecule has 19 heavy (non-hydrogen) atoms. The molecular weight excluding hydrogens is 300 g/mol. The molecule has 1 aromatic rings. The fourth-order valence-corrected chi connectivity index (χ4v) is 2.31. The van der Waals surface area contributed by atoms with Crippen molar-refractivity contribution >= 4 is 21.6 Å². The Balaban J connectivity index is 3.05. The molecule has 1 aromatic carbocycles. The molecule has 1 rings (SSSR count). The highest BCUT2D eigenvalue weighted by Gasteiger charge is 2.23. The van der Waals surface area contributed by atoms with Crippen molar-refractivity contribution < 1.29 is 0 Å². The zero-order valence-corrected chi connectivity index (χ0v) is 14.6. The SMILES string of the molecule is CCC(C)(C)N(C)c1ccc(Br)cc1CNC(C)C. The van der Waals surface area contributed by atoms with Gasteiger partial charge in [-0.1, -0.05) is 36.7 Å². The van der Waals surface area contributed by atoms with Crippen LogP contribution in [0.1, 0.15) is 46.6 Å². The highest BCUT2D eigenvalue weighted by Crippen LogP contribution is 2.30. The lowest BCUT2D eigenvalue weighted by Crippen LogP contribution is -2.41. The van der Waals surface area contributed by atoms with Gasteiger partial charge < -0.3 is 10.2 Å². The minimum absolute atomic E-state index is 0.167. The van der Waals surface area contributed by atoms with E-state index < -0.39 is 0 Å². The molecule has 0 heterocycles. The normalized spacial score (nSPS) is 12.0. The average molecular weight is 327 g/mol. The third kappa shape index (κ3) is 4.50. The van der Waals surface area contributed by atoms with E-state index in [1.807, 2.05) is 0 Å². The fourth-order valence-electron chi connectivity index (χ4n) is 1.90. The molecular formula is C16H27BrN2. The predicted octanol–water partition coefficient (Wildman–Crippen LogP) is 4.57. The summed E-state index contributed by atoms with van der Waals surface area (Å²) >= 11 is 3.57. The first-order valence-corrected chi connectivity index (χ1v) is 7.83. The van der Waals surface area contributed by atoms with Gasteiger partial charge in [0, 0.05) is 35.3 Å². The summed E-state index contributed by atoms with van der Waals surface area (Å²) in [6.45, 7) is 12.1. The molecule has 0 fully saturated rings. The van der Waals surface area contributed by atoms with Crippen molar-refractivity contribution in [1.29, 1.82) is 0 Å². The number of nitrogens with one attached hydrogen (secondary N) is 1. The van der Waals surface area contributed by atoms with Gasteiger partial charge in [-0.25, -0.2) is 0 Å². The lowest BCUT2D eigenvalue weighted by atomic mass is 9.98. The number of rotatable bonds is 6. The van der Waals surface area contributed by atoms with E-state index in [1.165, 1.54) is 11.3 Å². The second kappa shape index (κ2) is 6.76. The van der Waals surface area contributed by atoms with Crippen LogP contribution in [0.3, 0.4) is 0 Å². The molecule has 0 atom stereocenters. The van der Waals surface area contributed by atoms with Crippen LogP contribution >= 0.6 is 15.9 Å². The van der Waals surface area contributed by atoms with E-state index in [9.17, 15) is 0 Å². The summed E-state index contributed by atoms with van der Waals surface area (Å²) in [6.07, 6.45) is 1.12. The van der Waals surface area contributed by atoms with Crippen molar-refractivity contribution in [2.24, 2.45) is 0 Å². The maximum Gasteiger partial charge on any atom is 0.0414 e. The molecule has 108 valence electrons. The largest absolute Gasteiger partial charge is 0.369 e.